The molecule has 1 amide bonds. The quantitative estimate of drug-likeness (QED) is 0.726. The van der Waals surface area contributed by atoms with Gasteiger partial charge in [0.2, 0.25) is 5.91 Å². The SMILES string of the molecule is O=C(CCCn1cncn1)NCC1CCN(CC2COCCO2)CC1. The molecule has 1 unspecified atom stereocenters. The lowest BCUT2D eigenvalue weighted by Crippen LogP contribution is -2.44. The fourth-order valence-electron chi connectivity index (χ4n) is 3.40. The summed E-state index contributed by atoms with van der Waals surface area (Å²) in [5, 5.41) is 7.12. The summed E-state index contributed by atoms with van der Waals surface area (Å²) in [7, 11) is 0. The van der Waals surface area contributed by atoms with Crippen LogP contribution in [-0.2, 0) is 20.8 Å². The van der Waals surface area contributed by atoms with Crippen molar-refractivity contribution in [1.29, 1.82) is 0 Å². The van der Waals surface area contributed by atoms with E-state index in [1.165, 1.54) is 6.33 Å². The fourth-order valence-corrected chi connectivity index (χ4v) is 3.40. The zero-order valence-corrected chi connectivity index (χ0v) is 14.8. The van der Waals surface area contributed by atoms with Crippen LogP contribution in [0.3, 0.4) is 0 Å². The number of aryl methyl sites for hydroxylation is 1. The van der Waals surface area contributed by atoms with Gasteiger partial charge in [0.25, 0.3) is 0 Å². The van der Waals surface area contributed by atoms with Crippen LogP contribution < -0.4 is 5.32 Å². The summed E-state index contributed by atoms with van der Waals surface area (Å²) in [6.45, 7) is 6.78. The van der Waals surface area contributed by atoms with Crippen molar-refractivity contribution in [3.05, 3.63) is 12.7 Å². The van der Waals surface area contributed by atoms with E-state index in [2.05, 4.69) is 20.3 Å². The van der Waals surface area contributed by atoms with Crippen LogP contribution in [0.5, 0.6) is 0 Å². The molecule has 3 rings (SSSR count). The van der Waals surface area contributed by atoms with Gasteiger partial charge in [0.1, 0.15) is 12.7 Å². The lowest BCUT2D eigenvalue weighted by molar-refractivity contribution is -0.121. The smallest absolute Gasteiger partial charge is 0.220 e. The fraction of sp³-hybridized carbons (Fsp3) is 0.824. The van der Waals surface area contributed by atoms with Gasteiger partial charge in [0.15, 0.2) is 0 Å². The molecule has 0 bridgehead atoms. The van der Waals surface area contributed by atoms with Crippen LogP contribution in [0, 0.1) is 5.92 Å². The summed E-state index contributed by atoms with van der Waals surface area (Å²) in [6, 6.07) is 0. The van der Waals surface area contributed by atoms with Crippen molar-refractivity contribution in [2.24, 2.45) is 5.92 Å². The Bertz CT molecular complexity index is 496. The van der Waals surface area contributed by atoms with Crippen LogP contribution in [0.2, 0.25) is 0 Å². The van der Waals surface area contributed by atoms with Crippen LogP contribution in [-0.4, -0.2) is 77.7 Å². The zero-order valence-electron chi connectivity index (χ0n) is 14.8. The first-order valence-electron chi connectivity index (χ1n) is 9.30. The van der Waals surface area contributed by atoms with Crippen LogP contribution in [0.4, 0.5) is 0 Å². The molecule has 8 nitrogen and oxygen atoms in total. The number of ether oxygens (including phenoxy) is 2. The van der Waals surface area contributed by atoms with Crippen LogP contribution >= 0.6 is 0 Å². The lowest BCUT2D eigenvalue weighted by Gasteiger charge is -2.35. The number of aromatic nitrogens is 3. The average molecular weight is 351 g/mol. The van der Waals surface area contributed by atoms with Gasteiger partial charge >= 0.3 is 0 Å². The number of rotatable bonds is 8. The minimum atomic E-state index is 0.135. The Morgan fingerprint density at radius 3 is 2.88 bits per heavy atom. The van der Waals surface area contributed by atoms with Gasteiger partial charge in [-0.15, -0.1) is 0 Å². The van der Waals surface area contributed by atoms with Crippen LogP contribution in [0.1, 0.15) is 25.7 Å². The first kappa shape index (κ1) is 18.3. The highest BCUT2D eigenvalue weighted by Gasteiger charge is 2.23. The third kappa shape index (κ3) is 6.37. The maximum absolute atomic E-state index is 11.9. The molecule has 25 heavy (non-hydrogen) atoms. The second kappa shape index (κ2) is 9.84. The highest BCUT2D eigenvalue weighted by atomic mass is 16.6. The van der Waals surface area contributed by atoms with Crippen molar-refractivity contribution in [2.75, 3.05) is 46.0 Å². The summed E-state index contributed by atoms with van der Waals surface area (Å²) in [5.74, 6) is 0.717. The normalized spacial score (nSPS) is 22.8. The molecular formula is C17H29N5O3. The largest absolute Gasteiger partial charge is 0.376 e. The molecule has 2 saturated heterocycles. The highest BCUT2D eigenvalue weighted by molar-refractivity contribution is 5.75. The topological polar surface area (TPSA) is 81.5 Å². The standard InChI is InChI=1S/C17H29N5O3/c23-17(2-1-5-22-14-18-13-20-22)19-10-15-3-6-21(7-4-15)11-16-12-24-8-9-25-16/h13-16H,1-12H2,(H,19,23). The molecular weight excluding hydrogens is 322 g/mol. The van der Waals surface area contributed by atoms with Gasteiger partial charge in [-0.1, -0.05) is 0 Å². The highest BCUT2D eigenvalue weighted by Crippen LogP contribution is 2.17. The van der Waals surface area contributed by atoms with Gasteiger partial charge in [0, 0.05) is 26.1 Å². The molecule has 2 aliphatic rings. The van der Waals surface area contributed by atoms with E-state index in [0.29, 0.717) is 25.6 Å². The second-order valence-electron chi connectivity index (χ2n) is 6.88. The van der Waals surface area contributed by atoms with Crippen molar-refractivity contribution in [2.45, 2.75) is 38.3 Å². The van der Waals surface area contributed by atoms with Crippen molar-refractivity contribution < 1.29 is 14.3 Å². The summed E-state index contributed by atoms with van der Waals surface area (Å²) in [6.07, 6.45) is 7.00. The Hall–Kier alpha value is -1.51. The van der Waals surface area contributed by atoms with Gasteiger partial charge in [-0.25, -0.2) is 4.98 Å². The monoisotopic (exact) mass is 351 g/mol. The Kier molecular flexibility index (Phi) is 7.20. The van der Waals surface area contributed by atoms with E-state index in [0.717, 1.165) is 58.6 Å². The summed E-state index contributed by atoms with van der Waals surface area (Å²) >= 11 is 0. The van der Waals surface area contributed by atoms with Crippen molar-refractivity contribution >= 4 is 5.91 Å². The van der Waals surface area contributed by atoms with E-state index in [1.807, 2.05) is 0 Å². The molecule has 1 aromatic rings. The Labute approximate surface area is 148 Å². The molecule has 2 fully saturated rings. The lowest BCUT2D eigenvalue weighted by atomic mass is 9.96. The summed E-state index contributed by atoms with van der Waals surface area (Å²) < 4.78 is 12.9. The molecule has 1 atom stereocenters. The maximum atomic E-state index is 11.9. The van der Waals surface area contributed by atoms with E-state index >= 15 is 0 Å². The summed E-state index contributed by atoms with van der Waals surface area (Å²) in [4.78, 5) is 18.3. The van der Waals surface area contributed by atoms with Crippen LogP contribution in [0.15, 0.2) is 12.7 Å². The number of hydrogen-bond acceptors (Lipinski definition) is 6. The number of nitrogens with zero attached hydrogens (tertiary/aromatic N) is 4. The van der Waals surface area contributed by atoms with Gasteiger partial charge < -0.3 is 19.7 Å². The first-order chi connectivity index (χ1) is 12.3. The minimum Gasteiger partial charge on any atom is -0.376 e. The molecule has 0 spiro atoms. The Balaban J connectivity index is 1.24. The number of amides is 1. The third-order valence-corrected chi connectivity index (χ3v) is 4.90. The van der Waals surface area contributed by atoms with Crippen molar-refractivity contribution in [1.82, 2.24) is 25.0 Å². The average Bonchev–Trinajstić information content (AvgIpc) is 3.15. The first-order valence-corrected chi connectivity index (χ1v) is 9.30. The van der Waals surface area contributed by atoms with Gasteiger partial charge in [-0.3, -0.25) is 9.48 Å². The molecule has 8 heteroatoms. The Morgan fingerprint density at radius 1 is 1.28 bits per heavy atom. The Morgan fingerprint density at radius 2 is 2.16 bits per heavy atom. The number of hydrogen-bond donors (Lipinski definition) is 1. The maximum Gasteiger partial charge on any atom is 0.220 e. The van der Waals surface area contributed by atoms with E-state index < -0.39 is 0 Å². The third-order valence-electron chi connectivity index (χ3n) is 4.90. The number of carbonyl (C=O) groups is 1. The zero-order chi connectivity index (χ0) is 17.3. The van der Waals surface area contributed by atoms with Crippen LogP contribution in [0.25, 0.3) is 0 Å². The molecule has 0 radical (unpaired) electrons. The predicted molar refractivity (Wildman–Crippen MR) is 92.0 cm³/mol. The van der Waals surface area contributed by atoms with Crippen molar-refractivity contribution in [3.8, 4) is 0 Å². The van der Waals surface area contributed by atoms with E-state index in [-0.39, 0.29) is 12.0 Å². The van der Waals surface area contributed by atoms with Crippen molar-refractivity contribution in [3.63, 3.8) is 0 Å². The number of likely N-dealkylation sites (tertiary alicyclic amines) is 1. The molecule has 1 N–H and O–H groups in total. The molecule has 0 aromatic carbocycles. The molecule has 140 valence electrons. The van der Waals surface area contributed by atoms with Gasteiger partial charge in [-0.05, 0) is 38.3 Å². The number of nitrogens with one attached hydrogen (secondary N) is 1. The van der Waals surface area contributed by atoms with Gasteiger partial charge in [-0.2, -0.15) is 5.10 Å². The molecule has 2 aliphatic heterocycles. The molecule has 3 heterocycles. The molecule has 1 aromatic heterocycles. The van der Waals surface area contributed by atoms with E-state index in [1.54, 1.807) is 11.0 Å². The van der Waals surface area contributed by atoms with E-state index in [4.69, 9.17) is 9.47 Å². The minimum absolute atomic E-state index is 0.135. The molecule has 0 saturated carbocycles. The number of carbonyl (C=O) groups excluding carboxylic acids is 1. The van der Waals surface area contributed by atoms with E-state index in [9.17, 15) is 4.79 Å². The molecule has 0 aliphatic carbocycles. The second-order valence-corrected chi connectivity index (χ2v) is 6.88. The summed E-state index contributed by atoms with van der Waals surface area (Å²) in [5.41, 5.74) is 0. The predicted octanol–water partition coefficient (Wildman–Crippen LogP) is 0.302. The van der Waals surface area contributed by atoms with Gasteiger partial charge in [0.05, 0.1) is 25.9 Å². The number of piperidine rings is 1.